The van der Waals surface area contributed by atoms with Crippen molar-refractivity contribution in [2.45, 2.75) is 13.3 Å². The van der Waals surface area contributed by atoms with Crippen LogP contribution in [0.3, 0.4) is 0 Å². The highest BCUT2D eigenvalue weighted by molar-refractivity contribution is 5.93. The average Bonchev–Trinajstić information content (AvgIpc) is 2.28. The summed E-state index contributed by atoms with van der Waals surface area (Å²) in [5, 5.41) is 17.6. The number of esters is 1. The smallest absolute Gasteiger partial charge is 0.338 e. The first kappa shape index (κ1) is 12.7. The van der Waals surface area contributed by atoms with Crippen molar-refractivity contribution in [3.8, 4) is 6.07 Å². The highest BCUT2D eigenvalue weighted by Crippen LogP contribution is 2.16. The van der Waals surface area contributed by atoms with Gasteiger partial charge < -0.3 is 9.84 Å². The second-order valence-electron chi connectivity index (χ2n) is 3.23. The number of carbonyl (C=O) groups excluding carboxylic acids is 1. The standard InChI is InChI=1S/C12H11NO4/c1-2-17-12(16)9-5-3-4-8(7-13)10(9)6-11(14)15/h3-5H,2,6H2,1H3,(H,14,15). The van der Waals surface area contributed by atoms with Crippen LogP contribution in [-0.2, 0) is 16.0 Å². The van der Waals surface area contributed by atoms with Gasteiger partial charge in [0.2, 0.25) is 0 Å². The molecule has 0 unspecified atom stereocenters. The molecule has 0 heterocycles. The van der Waals surface area contributed by atoms with Crippen molar-refractivity contribution < 1.29 is 19.4 Å². The van der Waals surface area contributed by atoms with Gasteiger partial charge in [0.25, 0.3) is 0 Å². The summed E-state index contributed by atoms with van der Waals surface area (Å²) in [6, 6.07) is 6.32. The molecule has 88 valence electrons. The zero-order valence-electron chi connectivity index (χ0n) is 9.27. The number of carbonyl (C=O) groups is 2. The van der Waals surface area contributed by atoms with Crippen molar-refractivity contribution in [2.75, 3.05) is 6.61 Å². The van der Waals surface area contributed by atoms with Crippen molar-refractivity contribution in [1.82, 2.24) is 0 Å². The molecule has 0 radical (unpaired) electrons. The Morgan fingerprint density at radius 3 is 2.71 bits per heavy atom. The van der Waals surface area contributed by atoms with Crippen LogP contribution in [0.2, 0.25) is 0 Å². The maximum absolute atomic E-state index is 11.6. The second-order valence-corrected chi connectivity index (χ2v) is 3.23. The molecule has 0 aromatic heterocycles. The first-order valence-electron chi connectivity index (χ1n) is 5.01. The van der Waals surface area contributed by atoms with Crippen molar-refractivity contribution >= 4 is 11.9 Å². The third-order valence-corrected chi connectivity index (χ3v) is 2.12. The van der Waals surface area contributed by atoms with Crippen LogP contribution < -0.4 is 0 Å². The van der Waals surface area contributed by atoms with E-state index in [0.29, 0.717) is 0 Å². The van der Waals surface area contributed by atoms with E-state index in [1.54, 1.807) is 6.92 Å². The predicted octanol–water partition coefficient (Wildman–Crippen LogP) is 1.36. The number of hydrogen-bond acceptors (Lipinski definition) is 4. The molecule has 0 bridgehead atoms. The molecule has 0 aliphatic rings. The highest BCUT2D eigenvalue weighted by atomic mass is 16.5. The van der Waals surface area contributed by atoms with E-state index < -0.39 is 11.9 Å². The van der Waals surface area contributed by atoms with Crippen molar-refractivity contribution in [1.29, 1.82) is 5.26 Å². The molecule has 0 aliphatic carbocycles. The second kappa shape index (κ2) is 5.66. The lowest BCUT2D eigenvalue weighted by Gasteiger charge is -2.08. The Morgan fingerprint density at radius 1 is 1.47 bits per heavy atom. The molecular formula is C12H11NO4. The molecule has 0 saturated heterocycles. The molecule has 17 heavy (non-hydrogen) atoms. The number of benzene rings is 1. The molecule has 1 aromatic carbocycles. The zero-order valence-corrected chi connectivity index (χ0v) is 9.27. The normalized spacial score (nSPS) is 9.41. The SMILES string of the molecule is CCOC(=O)c1cccc(C#N)c1CC(=O)O. The Kier molecular flexibility index (Phi) is 4.23. The fraction of sp³-hybridized carbons (Fsp3) is 0.250. The van der Waals surface area contributed by atoms with E-state index in [4.69, 9.17) is 15.1 Å². The van der Waals surface area contributed by atoms with Crippen molar-refractivity contribution in [2.24, 2.45) is 0 Å². The first-order valence-corrected chi connectivity index (χ1v) is 5.01. The number of hydrogen-bond donors (Lipinski definition) is 1. The minimum atomic E-state index is -1.10. The number of nitriles is 1. The van der Waals surface area contributed by atoms with Crippen LogP contribution in [-0.4, -0.2) is 23.7 Å². The number of ether oxygens (including phenoxy) is 1. The zero-order chi connectivity index (χ0) is 12.8. The first-order chi connectivity index (χ1) is 8.10. The summed E-state index contributed by atoms with van der Waals surface area (Å²) in [5.74, 6) is -1.71. The number of nitrogens with zero attached hydrogens (tertiary/aromatic N) is 1. The van der Waals surface area contributed by atoms with Gasteiger partial charge in [-0.15, -0.1) is 0 Å². The molecular weight excluding hydrogens is 222 g/mol. The maximum Gasteiger partial charge on any atom is 0.338 e. The van der Waals surface area contributed by atoms with Crippen LogP contribution >= 0.6 is 0 Å². The Bertz CT molecular complexity index is 488. The fourth-order valence-electron chi connectivity index (χ4n) is 1.43. The van der Waals surface area contributed by atoms with Gasteiger partial charge in [0.1, 0.15) is 0 Å². The van der Waals surface area contributed by atoms with E-state index in [9.17, 15) is 9.59 Å². The lowest BCUT2D eigenvalue weighted by molar-refractivity contribution is -0.136. The van der Waals surface area contributed by atoms with E-state index in [0.717, 1.165) is 0 Å². The summed E-state index contributed by atoms with van der Waals surface area (Å²) in [7, 11) is 0. The number of carboxylic acids is 1. The largest absolute Gasteiger partial charge is 0.481 e. The lowest BCUT2D eigenvalue weighted by Crippen LogP contribution is -2.12. The van der Waals surface area contributed by atoms with Gasteiger partial charge in [-0.1, -0.05) is 6.07 Å². The van der Waals surface area contributed by atoms with Crippen LogP contribution in [0.15, 0.2) is 18.2 Å². The Labute approximate surface area is 98.2 Å². The molecule has 1 aromatic rings. The van der Waals surface area contributed by atoms with Gasteiger partial charge in [0.05, 0.1) is 30.2 Å². The summed E-state index contributed by atoms with van der Waals surface area (Å²) in [6.07, 6.45) is -0.377. The summed E-state index contributed by atoms with van der Waals surface area (Å²) in [5.41, 5.74) is 0.507. The lowest BCUT2D eigenvalue weighted by atomic mass is 9.99. The number of carboxylic acid groups (broad SMARTS) is 1. The van der Waals surface area contributed by atoms with E-state index in [1.807, 2.05) is 6.07 Å². The van der Waals surface area contributed by atoms with Crippen molar-refractivity contribution in [3.63, 3.8) is 0 Å². The minimum absolute atomic E-state index is 0.133. The minimum Gasteiger partial charge on any atom is -0.481 e. The Morgan fingerprint density at radius 2 is 2.18 bits per heavy atom. The van der Waals surface area contributed by atoms with Crippen LogP contribution in [0.5, 0.6) is 0 Å². The van der Waals surface area contributed by atoms with Crippen molar-refractivity contribution in [3.05, 3.63) is 34.9 Å². The molecule has 0 saturated carbocycles. The Balaban J connectivity index is 3.24. The van der Waals surface area contributed by atoms with E-state index >= 15 is 0 Å². The molecule has 0 atom stereocenters. The Hall–Kier alpha value is -2.35. The van der Waals surface area contributed by atoms with Gasteiger partial charge >= 0.3 is 11.9 Å². The van der Waals surface area contributed by atoms with Gasteiger partial charge in [0, 0.05) is 0 Å². The summed E-state index contributed by atoms with van der Waals surface area (Å²) < 4.78 is 4.81. The molecule has 0 amide bonds. The topological polar surface area (TPSA) is 87.4 Å². The number of aliphatic carboxylic acids is 1. The molecule has 0 fully saturated rings. The molecule has 1 N–H and O–H groups in total. The molecule has 1 rings (SSSR count). The summed E-state index contributed by atoms with van der Waals surface area (Å²) in [6.45, 7) is 1.85. The van der Waals surface area contributed by atoms with Gasteiger partial charge in [-0.05, 0) is 24.6 Å². The van der Waals surface area contributed by atoms with E-state index in [1.165, 1.54) is 18.2 Å². The van der Waals surface area contributed by atoms with E-state index in [2.05, 4.69) is 0 Å². The monoisotopic (exact) mass is 233 g/mol. The van der Waals surface area contributed by atoms with Gasteiger partial charge in [-0.25, -0.2) is 4.79 Å². The quantitative estimate of drug-likeness (QED) is 0.793. The molecule has 0 aliphatic heterocycles. The third kappa shape index (κ3) is 3.05. The highest BCUT2D eigenvalue weighted by Gasteiger charge is 2.17. The van der Waals surface area contributed by atoms with E-state index in [-0.39, 0.29) is 29.7 Å². The predicted molar refractivity (Wildman–Crippen MR) is 58.5 cm³/mol. The molecule has 5 heteroatoms. The van der Waals surface area contributed by atoms with Gasteiger partial charge in [-0.3, -0.25) is 4.79 Å². The maximum atomic E-state index is 11.6. The molecule has 5 nitrogen and oxygen atoms in total. The van der Waals surface area contributed by atoms with Crippen LogP contribution in [0.25, 0.3) is 0 Å². The van der Waals surface area contributed by atoms with Gasteiger partial charge in [-0.2, -0.15) is 5.26 Å². The van der Waals surface area contributed by atoms with Crippen LogP contribution in [0.1, 0.15) is 28.4 Å². The summed E-state index contributed by atoms with van der Waals surface area (Å²) in [4.78, 5) is 22.3. The van der Waals surface area contributed by atoms with Crippen LogP contribution in [0, 0.1) is 11.3 Å². The fourth-order valence-corrected chi connectivity index (χ4v) is 1.43. The summed E-state index contributed by atoms with van der Waals surface area (Å²) >= 11 is 0. The number of rotatable bonds is 4. The molecule has 0 spiro atoms. The average molecular weight is 233 g/mol. The van der Waals surface area contributed by atoms with Gasteiger partial charge in [0.15, 0.2) is 0 Å². The third-order valence-electron chi connectivity index (χ3n) is 2.12. The van der Waals surface area contributed by atoms with Crippen LogP contribution in [0.4, 0.5) is 0 Å².